The topological polar surface area (TPSA) is 70.2 Å². The Labute approximate surface area is 183 Å². The highest BCUT2D eigenvalue weighted by Crippen LogP contribution is 2.27. The van der Waals surface area contributed by atoms with Crippen LogP contribution in [-0.2, 0) is 4.79 Å². The number of aromatic nitrogens is 2. The van der Waals surface area contributed by atoms with Gasteiger partial charge in [-0.25, -0.2) is 9.97 Å². The minimum atomic E-state index is -0.223. The number of nitrogens with one attached hydrogen (secondary N) is 2. The van der Waals surface area contributed by atoms with Gasteiger partial charge in [-0.1, -0.05) is 30.8 Å². The van der Waals surface area contributed by atoms with Crippen LogP contribution in [0.25, 0.3) is 22.0 Å². The highest BCUT2D eigenvalue weighted by atomic mass is 16.1. The zero-order valence-electron chi connectivity index (χ0n) is 18.1. The number of nitrogens with zero attached hydrogens (tertiary/aromatic N) is 3. The number of anilines is 2. The van der Waals surface area contributed by atoms with Crippen LogP contribution in [-0.4, -0.2) is 47.0 Å². The van der Waals surface area contributed by atoms with Crippen LogP contribution >= 0.6 is 0 Å². The zero-order chi connectivity index (χ0) is 21.8. The van der Waals surface area contributed by atoms with Crippen LogP contribution in [0.3, 0.4) is 0 Å². The average molecular weight is 416 g/mol. The molecular weight excluding hydrogens is 386 g/mol. The molecule has 160 valence electrons. The quantitative estimate of drug-likeness (QED) is 0.571. The fraction of sp³-hybridized carbons (Fsp3) is 0.320. The maximum atomic E-state index is 11.6. The molecule has 0 radical (unpaired) electrons. The van der Waals surface area contributed by atoms with E-state index in [2.05, 4.69) is 53.3 Å². The molecule has 0 bridgehead atoms. The van der Waals surface area contributed by atoms with Crippen LogP contribution in [0.15, 0.2) is 61.3 Å². The molecule has 0 saturated heterocycles. The van der Waals surface area contributed by atoms with Gasteiger partial charge < -0.3 is 15.5 Å². The molecule has 0 unspecified atom stereocenters. The van der Waals surface area contributed by atoms with Crippen molar-refractivity contribution in [1.29, 1.82) is 0 Å². The maximum absolute atomic E-state index is 11.6. The molecule has 6 nitrogen and oxygen atoms in total. The van der Waals surface area contributed by atoms with E-state index < -0.39 is 0 Å². The van der Waals surface area contributed by atoms with Gasteiger partial charge in [-0.05, 0) is 75.2 Å². The second-order valence-electron chi connectivity index (χ2n) is 8.35. The van der Waals surface area contributed by atoms with Gasteiger partial charge in [-0.3, -0.25) is 4.79 Å². The summed E-state index contributed by atoms with van der Waals surface area (Å²) in [5.74, 6) is 0.462. The lowest BCUT2D eigenvalue weighted by Crippen LogP contribution is -2.36. The molecule has 1 heterocycles. The van der Waals surface area contributed by atoms with Gasteiger partial charge in [0.15, 0.2) is 0 Å². The summed E-state index contributed by atoms with van der Waals surface area (Å²) >= 11 is 0. The number of carbonyl (C=O) groups is 1. The predicted molar refractivity (Wildman–Crippen MR) is 127 cm³/mol. The third-order valence-electron chi connectivity index (χ3n) is 5.99. The van der Waals surface area contributed by atoms with Crippen molar-refractivity contribution in [1.82, 2.24) is 14.9 Å². The van der Waals surface area contributed by atoms with E-state index in [1.54, 1.807) is 0 Å². The van der Waals surface area contributed by atoms with E-state index >= 15 is 0 Å². The highest BCUT2D eigenvalue weighted by molar-refractivity contribution is 5.99. The fourth-order valence-electron chi connectivity index (χ4n) is 4.16. The summed E-state index contributed by atoms with van der Waals surface area (Å²) in [7, 11) is 4.32. The normalized spacial score (nSPS) is 18.7. The first-order chi connectivity index (χ1) is 15.0. The number of amides is 1. The Morgan fingerprint density at radius 3 is 2.61 bits per heavy atom. The predicted octanol–water partition coefficient (Wildman–Crippen LogP) is 4.71. The Morgan fingerprint density at radius 1 is 1.10 bits per heavy atom. The fourth-order valence-corrected chi connectivity index (χ4v) is 4.16. The van der Waals surface area contributed by atoms with Gasteiger partial charge in [0.25, 0.3) is 0 Å². The summed E-state index contributed by atoms with van der Waals surface area (Å²) in [5, 5.41) is 7.34. The number of hydrogen-bond donors (Lipinski definition) is 2. The molecule has 2 N–H and O–H groups in total. The zero-order valence-corrected chi connectivity index (χ0v) is 18.1. The molecule has 0 aliphatic heterocycles. The van der Waals surface area contributed by atoms with Crippen molar-refractivity contribution in [2.75, 3.05) is 24.7 Å². The van der Waals surface area contributed by atoms with E-state index in [9.17, 15) is 4.79 Å². The molecule has 3 aromatic rings. The molecule has 1 saturated carbocycles. The van der Waals surface area contributed by atoms with Gasteiger partial charge in [0.2, 0.25) is 11.9 Å². The summed E-state index contributed by atoms with van der Waals surface area (Å²) in [5.41, 5.74) is 3.69. The van der Waals surface area contributed by atoms with Gasteiger partial charge in [0.05, 0.1) is 5.52 Å². The molecule has 1 amide bonds. The molecular formula is C25H29N5O. The number of hydrogen-bond acceptors (Lipinski definition) is 5. The third-order valence-corrected chi connectivity index (χ3v) is 5.99. The van der Waals surface area contributed by atoms with Gasteiger partial charge in [-0.15, -0.1) is 0 Å². The average Bonchev–Trinajstić information content (AvgIpc) is 2.79. The van der Waals surface area contributed by atoms with Gasteiger partial charge in [-0.2, -0.15) is 0 Å². The van der Waals surface area contributed by atoms with E-state index in [0.29, 0.717) is 18.0 Å². The molecule has 4 rings (SSSR count). The van der Waals surface area contributed by atoms with Crippen molar-refractivity contribution in [3.63, 3.8) is 0 Å². The van der Waals surface area contributed by atoms with E-state index in [-0.39, 0.29) is 5.91 Å². The van der Waals surface area contributed by atoms with Crippen molar-refractivity contribution in [3.8, 4) is 11.1 Å². The number of fused-ring (bicyclic) bond motifs is 1. The van der Waals surface area contributed by atoms with Crippen molar-refractivity contribution in [2.45, 2.75) is 37.8 Å². The lowest BCUT2D eigenvalue weighted by molar-refractivity contribution is -0.111. The number of rotatable bonds is 6. The van der Waals surface area contributed by atoms with E-state index in [1.165, 1.54) is 18.9 Å². The minimum Gasteiger partial charge on any atom is -0.351 e. The molecule has 1 aliphatic carbocycles. The molecule has 0 atom stereocenters. The molecule has 1 aromatic heterocycles. The second-order valence-corrected chi connectivity index (χ2v) is 8.35. The number of benzene rings is 2. The lowest BCUT2D eigenvalue weighted by Gasteiger charge is -2.32. The van der Waals surface area contributed by atoms with E-state index in [4.69, 9.17) is 4.98 Å². The molecule has 0 spiro atoms. The lowest BCUT2D eigenvalue weighted by atomic mass is 9.91. The van der Waals surface area contributed by atoms with Crippen LogP contribution in [0.5, 0.6) is 0 Å². The van der Waals surface area contributed by atoms with Crippen LogP contribution in [0.4, 0.5) is 11.6 Å². The van der Waals surface area contributed by atoms with Crippen molar-refractivity contribution in [2.24, 2.45) is 0 Å². The first kappa shape index (κ1) is 21.0. The van der Waals surface area contributed by atoms with E-state index in [0.717, 1.165) is 40.6 Å². The molecule has 2 aromatic carbocycles. The third kappa shape index (κ3) is 5.09. The Kier molecular flexibility index (Phi) is 6.28. The monoisotopic (exact) mass is 415 g/mol. The summed E-state index contributed by atoms with van der Waals surface area (Å²) in [6.07, 6.45) is 7.80. The molecule has 1 fully saturated rings. The van der Waals surface area contributed by atoms with E-state index in [1.807, 2.05) is 36.5 Å². The Morgan fingerprint density at radius 2 is 1.87 bits per heavy atom. The van der Waals surface area contributed by atoms with Crippen LogP contribution in [0.2, 0.25) is 0 Å². The van der Waals surface area contributed by atoms with Crippen molar-refractivity contribution >= 4 is 28.4 Å². The summed E-state index contributed by atoms with van der Waals surface area (Å²) < 4.78 is 0. The minimum absolute atomic E-state index is 0.223. The van der Waals surface area contributed by atoms with Crippen molar-refractivity contribution < 1.29 is 4.79 Å². The first-order valence-electron chi connectivity index (χ1n) is 10.8. The molecule has 6 heteroatoms. The Balaban J connectivity index is 1.52. The van der Waals surface area contributed by atoms with Crippen molar-refractivity contribution in [3.05, 3.63) is 61.3 Å². The Hall–Kier alpha value is -3.25. The first-order valence-corrected chi connectivity index (χ1v) is 10.8. The van der Waals surface area contributed by atoms with Gasteiger partial charge in [0, 0.05) is 29.4 Å². The summed E-state index contributed by atoms with van der Waals surface area (Å²) in [6.45, 7) is 3.50. The van der Waals surface area contributed by atoms with Gasteiger partial charge in [0.1, 0.15) is 0 Å². The van der Waals surface area contributed by atoms with Crippen LogP contribution < -0.4 is 10.6 Å². The number of carbonyl (C=O) groups excluding carboxylic acids is 1. The summed E-state index contributed by atoms with van der Waals surface area (Å²) in [4.78, 5) is 23.2. The highest BCUT2D eigenvalue weighted by Gasteiger charge is 2.22. The van der Waals surface area contributed by atoms with Crippen LogP contribution in [0.1, 0.15) is 25.7 Å². The summed E-state index contributed by atoms with van der Waals surface area (Å²) in [6, 6.07) is 15.0. The smallest absolute Gasteiger partial charge is 0.247 e. The largest absolute Gasteiger partial charge is 0.351 e. The maximum Gasteiger partial charge on any atom is 0.247 e. The SMILES string of the molecule is C=CC(=O)Nc1cccc(-c2ccc3cnc(N[C@H]4CC[C@H](N(C)C)CC4)nc3c2)c1. The molecule has 1 aliphatic rings. The Bertz CT molecular complexity index is 1090. The second kappa shape index (κ2) is 9.27. The standard InChI is InChI=1S/C25H29N5O/c1-4-24(31)27-21-7-5-6-17(14-21)18-8-9-19-16-26-25(29-23(19)15-18)28-20-10-12-22(13-11-20)30(2)3/h4-9,14-16,20,22H,1,10-13H2,2-3H3,(H,27,31)(H,26,28,29)/t20-,22-. The molecule has 31 heavy (non-hydrogen) atoms. The van der Waals surface area contributed by atoms with Crippen LogP contribution in [0, 0.1) is 0 Å². The van der Waals surface area contributed by atoms with Gasteiger partial charge >= 0.3 is 0 Å².